The Morgan fingerprint density at radius 2 is 1.91 bits per heavy atom. The summed E-state index contributed by atoms with van der Waals surface area (Å²) in [5.41, 5.74) is 3.12. The molecule has 1 fully saturated rings. The number of carbonyl (C=O) groups is 1. The minimum Gasteiger partial charge on any atom is -0.372 e. The molecule has 5 nitrogen and oxygen atoms in total. The van der Waals surface area contributed by atoms with Crippen molar-refractivity contribution in [2.24, 2.45) is 5.10 Å². The third kappa shape index (κ3) is 2.19. The molecule has 5 heteroatoms. The van der Waals surface area contributed by atoms with Gasteiger partial charge in [0.15, 0.2) is 5.84 Å². The second-order valence-electron chi connectivity index (χ2n) is 5.73. The van der Waals surface area contributed by atoms with Gasteiger partial charge < -0.3 is 15.0 Å². The van der Waals surface area contributed by atoms with Crippen LogP contribution in [0.15, 0.2) is 47.7 Å². The monoisotopic (exact) mass is 294 g/mol. The Morgan fingerprint density at radius 1 is 1.14 bits per heavy atom. The molecule has 0 spiro atoms. The topological polar surface area (TPSA) is 49.6 Å². The lowest BCUT2D eigenvalue weighted by Gasteiger charge is -2.23. The quantitative estimate of drug-likeness (QED) is 0.882. The number of anilines is 1. The van der Waals surface area contributed by atoms with Crippen molar-refractivity contribution in [2.75, 3.05) is 18.0 Å². The minimum absolute atomic E-state index is 0.347. The van der Waals surface area contributed by atoms with Crippen LogP contribution in [0.4, 0.5) is 5.69 Å². The molecule has 2 aromatic rings. The van der Waals surface area contributed by atoms with Crippen molar-refractivity contribution in [3.05, 3.63) is 53.9 Å². The number of fused-ring (bicyclic) bond motifs is 1. The van der Waals surface area contributed by atoms with Crippen LogP contribution < -0.4 is 10.2 Å². The Balaban J connectivity index is 1.63. The number of amidine groups is 1. The molecule has 1 atom stereocenters. The normalized spacial score (nSPS) is 20.3. The van der Waals surface area contributed by atoms with E-state index in [2.05, 4.69) is 39.6 Å². The lowest BCUT2D eigenvalue weighted by molar-refractivity contribution is -0.109. The summed E-state index contributed by atoms with van der Waals surface area (Å²) in [6, 6.07) is 11.9. The van der Waals surface area contributed by atoms with E-state index in [0.717, 1.165) is 36.5 Å². The molecule has 3 heterocycles. The zero-order valence-electron chi connectivity index (χ0n) is 12.3. The Labute approximate surface area is 129 Å². The van der Waals surface area contributed by atoms with Crippen molar-refractivity contribution in [3.8, 4) is 0 Å². The molecular weight excluding hydrogens is 276 g/mol. The minimum atomic E-state index is -0.347. The third-order valence-corrected chi connectivity index (χ3v) is 4.33. The Bertz CT molecular complexity index is 711. The van der Waals surface area contributed by atoms with Gasteiger partial charge in [0.05, 0.1) is 5.69 Å². The Kier molecular flexibility index (Phi) is 3.18. The van der Waals surface area contributed by atoms with Crippen LogP contribution in [0.5, 0.6) is 0 Å². The fourth-order valence-electron chi connectivity index (χ4n) is 3.13. The first kappa shape index (κ1) is 13.1. The summed E-state index contributed by atoms with van der Waals surface area (Å²) in [6.45, 7) is 2.27. The van der Waals surface area contributed by atoms with Gasteiger partial charge in [-0.2, -0.15) is 5.10 Å². The number of carbonyl (C=O) groups excluding carboxylic acids is 1. The van der Waals surface area contributed by atoms with Crippen LogP contribution in [-0.4, -0.2) is 29.9 Å². The maximum Gasteiger partial charge on any atom is 0.155 e. The largest absolute Gasteiger partial charge is 0.372 e. The van der Waals surface area contributed by atoms with Crippen LogP contribution in [0.25, 0.3) is 0 Å². The van der Waals surface area contributed by atoms with E-state index in [1.807, 2.05) is 18.3 Å². The first-order valence-corrected chi connectivity index (χ1v) is 7.68. The highest BCUT2D eigenvalue weighted by atomic mass is 16.1. The Morgan fingerprint density at radius 3 is 2.64 bits per heavy atom. The van der Waals surface area contributed by atoms with Gasteiger partial charge in [0.1, 0.15) is 12.3 Å². The van der Waals surface area contributed by atoms with Gasteiger partial charge >= 0.3 is 0 Å². The Hall–Kier alpha value is -2.56. The van der Waals surface area contributed by atoms with Crippen molar-refractivity contribution in [1.82, 2.24) is 9.99 Å². The highest BCUT2D eigenvalue weighted by Gasteiger charge is 2.22. The van der Waals surface area contributed by atoms with E-state index in [9.17, 15) is 4.79 Å². The van der Waals surface area contributed by atoms with Gasteiger partial charge in [-0.3, -0.25) is 0 Å². The van der Waals surface area contributed by atoms with Crippen LogP contribution in [0, 0.1) is 0 Å². The average molecular weight is 294 g/mol. The summed E-state index contributed by atoms with van der Waals surface area (Å²) in [5.74, 6) is 0.730. The second-order valence-corrected chi connectivity index (χ2v) is 5.73. The maximum atomic E-state index is 11.3. The molecule has 1 unspecified atom stereocenters. The number of hydrogen-bond donors (Lipinski definition) is 1. The van der Waals surface area contributed by atoms with Crippen LogP contribution in [0.1, 0.15) is 30.1 Å². The number of rotatable bonds is 3. The van der Waals surface area contributed by atoms with E-state index in [-0.39, 0.29) is 6.04 Å². The highest BCUT2D eigenvalue weighted by molar-refractivity contribution is 6.00. The predicted molar refractivity (Wildman–Crippen MR) is 86.2 cm³/mol. The fourth-order valence-corrected chi connectivity index (χ4v) is 3.13. The fraction of sp³-hybridized carbons (Fsp3) is 0.294. The van der Waals surface area contributed by atoms with Crippen molar-refractivity contribution in [1.29, 1.82) is 0 Å². The number of hydrogen-bond acceptors (Lipinski definition) is 4. The van der Waals surface area contributed by atoms with Gasteiger partial charge in [0.2, 0.25) is 0 Å². The molecule has 0 radical (unpaired) electrons. The number of aldehydes is 1. The summed E-state index contributed by atoms with van der Waals surface area (Å²) in [6.07, 6.45) is 5.32. The van der Waals surface area contributed by atoms with E-state index >= 15 is 0 Å². The highest BCUT2D eigenvalue weighted by Crippen LogP contribution is 2.22. The molecular formula is C17H18N4O. The van der Waals surface area contributed by atoms with Crippen LogP contribution in [-0.2, 0) is 4.79 Å². The van der Waals surface area contributed by atoms with E-state index in [0.29, 0.717) is 0 Å². The van der Waals surface area contributed by atoms with Crippen LogP contribution in [0.2, 0.25) is 0 Å². The van der Waals surface area contributed by atoms with Gasteiger partial charge in [-0.1, -0.05) is 0 Å². The second kappa shape index (κ2) is 5.33. The van der Waals surface area contributed by atoms with Crippen molar-refractivity contribution >= 4 is 17.8 Å². The summed E-state index contributed by atoms with van der Waals surface area (Å²) >= 11 is 0. The summed E-state index contributed by atoms with van der Waals surface area (Å²) in [4.78, 5) is 13.7. The lowest BCUT2D eigenvalue weighted by atomic mass is 10.1. The van der Waals surface area contributed by atoms with E-state index in [1.165, 1.54) is 18.5 Å². The predicted octanol–water partition coefficient (Wildman–Crippen LogP) is 2.14. The number of nitrogens with zero attached hydrogens (tertiary/aromatic N) is 3. The van der Waals surface area contributed by atoms with Gasteiger partial charge in [-0.25, -0.2) is 4.68 Å². The molecule has 1 aromatic carbocycles. The van der Waals surface area contributed by atoms with Crippen LogP contribution >= 0.6 is 0 Å². The van der Waals surface area contributed by atoms with Gasteiger partial charge in [-0.05, 0) is 49.2 Å². The van der Waals surface area contributed by atoms with Crippen molar-refractivity contribution < 1.29 is 4.79 Å². The first-order chi connectivity index (χ1) is 10.8. The first-order valence-electron chi connectivity index (χ1n) is 7.68. The number of benzene rings is 1. The smallest absolute Gasteiger partial charge is 0.155 e. The zero-order valence-corrected chi connectivity index (χ0v) is 12.3. The number of aromatic nitrogens is 1. The standard InChI is InChI=1S/C17H18N4O/c22-12-15-16-4-3-11-21(16)19-17(18-15)13-5-7-14(8-6-13)20-9-1-2-10-20/h3-8,11-12,15H,1-2,9-10H2,(H,18,19). The van der Waals surface area contributed by atoms with E-state index < -0.39 is 0 Å². The molecule has 0 aliphatic carbocycles. The summed E-state index contributed by atoms with van der Waals surface area (Å²) in [7, 11) is 0. The SMILES string of the molecule is O=CC1NC(c2ccc(N3CCCC3)cc2)=Nn2cccc21. The van der Waals surface area contributed by atoms with Crippen LogP contribution in [0.3, 0.4) is 0 Å². The number of nitrogens with one attached hydrogen (secondary N) is 1. The molecule has 2 aliphatic rings. The molecule has 1 aromatic heterocycles. The van der Waals surface area contributed by atoms with Crippen molar-refractivity contribution in [2.45, 2.75) is 18.9 Å². The molecule has 2 aliphatic heterocycles. The van der Waals surface area contributed by atoms with E-state index in [1.54, 1.807) is 4.68 Å². The van der Waals surface area contributed by atoms with Gasteiger partial charge in [0.25, 0.3) is 0 Å². The average Bonchev–Trinajstić information content (AvgIpc) is 3.25. The zero-order chi connectivity index (χ0) is 14.9. The van der Waals surface area contributed by atoms with Gasteiger partial charge in [-0.15, -0.1) is 0 Å². The lowest BCUT2D eigenvalue weighted by Crippen LogP contribution is -2.35. The molecule has 0 bridgehead atoms. The molecule has 1 saturated heterocycles. The third-order valence-electron chi connectivity index (χ3n) is 4.33. The van der Waals surface area contributed by atoms with Gasteiger partial charge in [0, 0.05) is 30.5 Å². The maximum absolute atomic E-state index is 11.3. The summed E-state index contributed by atoms with van der Waals surface area (Å²) < 4.78 is 1.76. The molecule has 112 valence electrons. The molecule has 4 rings (SSSR count). The molecule has 0 saturated carbocycles. The molecule has 22 heavy (non-hydrogen) atoms. The molecule has 1 N–H and O–H groups in total. The molecule has 0 amide bonds. The van der Waals surface area contributed by atoms with Crippen molar-refractivity contribution in [3.63, 3.8) is 0 Å². The summed E-state index contributed by atoms with van der Waals surface area (Å²) in [5, 5.41) is 7.75. The van der Waals surface area contributed by atoms with E-state index in [4.69, 9.17) is 0 Å².